The molecule has 1 aromatic carbocycles. The molecule has 1 atom stereocenters. The molecule has 0 aliphatic carbocycles. The van der Waals surface area contributed by atoms with Crippen LogP contribution in [-0.2, 0) is 0 Å². The molecule has 0 saturated heterocycles. The van der Waals surface area contributed by atoms with Crippen LogP contribution in [0.2, 0.25) is 5.02 Å². The summed E-state index contributed by atoms with van der Waals surface area (Å²) in [5, 5.41) is 9.61. The lowest BCUT2D eigenvalue weighted by atomic mass is 10.1. The average molecular weight is 215 g/mol. The fourth-order valence-electron chi connectivity index (χ4n) is 1.37. The monoisotopic (exact) mass is 214 g/mol. The smallest absolute Gasteiger partial charge is 0.0625 e. The van der Waals surface area contributed by atoms with E-state index in [4.69, 9.17) is 22.4 Å². The Morgan fingerprint density at radius 3 is 2.64 bits per heavy atom. The van der Waals surface area contributed by atoms with Crippen LogP contribution in [0.5, 0.6) is 0 Å². The minimum atomic E-state index is -0.430. The number of nitrogens with zero attached hydrogens (tertiary/aromatic N) is 1. The highest BCUT2D eigenvalue weighted by Crippen LogP contribution is 2.30. The maximum atomic E-state index is 9.02. The van der Waals surface area contributed by atoms with Crippen LogP contribution in [0.4, 0.5) is 5.69 Å². The number of hydrogen-bond donors (Lipinski definition) is 2. The Morgan fingerprint density at radius 2 is 2.14 bits per heavy atom. The van der Waals surface area contributed by atoms with E-state index in [0.29, 0.717) is 5.02 Å². The first-order chi connectivity index (χ1) is 6.57. The van der Waals surface area contributed by atoms with E-state index in [0.717, 1.165) is 11.3 Å². The lowest BCUT2D eigenvalue weighted by Crippen LogP contribution is -2.20. The van der Waals surface area contributed by atoms with Gasteiger partial charge < -0.3 is 15.7 Å². The molecular weight excluding hydrogens is 200 g/mol. The van der Waals surface area contributed by atoms with Crippen molar-refractivity contribution in [1.29, 1.82) is 0 Å². The molecule has 1 rings (SSSR count). The molecule has 0 bridgehead atoms. The van der Waals surface area contributed by atoms with Gasteiger partial charge in [-0.2, -0.15) is 0 Å². The van der Waals surface area contributed by atoms with Gasteiger partial charge in [0, 0.05) is 30.4 Å². The Bertz CT molecular complexity index is 315. The van der Waals surface area contributed by atoms with Gasteiger partial charge in [-0.1, -0.05) is 17.7 Å². The Labute approximate surface area is 89.1 Å². The van der Waals surface area contributed by atoms with Crippen molar-refractivity contribution in [2.45, 2.75) is 6.04 Å². The van der Waals surface area contributed by atoms with Crippen molar-refractivity contribution in [3.05, 3.63) is 28.8 Å². The van der Waals surface area contributed by atoms with Crippen LogP contribution in [0.15, 0.2) is 18.2 Å². The van der Waals surface area contributed by atoms with Crippen molar-refractivity contribution in [2.24, 2.45) is 5.73 Å². The molecule has 0 spiro atoms. The average Bonchev–Trinajstić information content (AvgIpc) is 2.16. The van der Waals surface area contributed by atoms with E-state index in [9.17, 15) is 0 Å². The molecule has 4 heteroatoms. The van der Waals surface area contributed by atoms with Crippen LogP contribution in [0.25, 0.3) is 0 Å². The van der Waals surface area contributed by atoms with Crippen molar-refractivity contribution in [2.75, 3.05) is 25.6 Å². The summed E-state index contributed by atoms with van der Waals surface area (Å²) in [7, 11) is 3.83. The zero-order chi connectivity index (χ0) is 10.7. The first-order valence-corrected chi connectivity index (χ1v) is 4.78. The molecule has 0 amide bonds. The Hall–Kier alpha value is -0.770. The summed E-state index contributed by atoms with van der Waals surface area (Å²) >= 11 is 6.03. The molecule has 0 aromatic heterocycles. The van der Waals surface area contributed by atoms with Crippen LogP contribution in [0.3, 0.4) is 0 Å². The second-order valence-corrected chi connectivity index (χ2v) is 3.76. The molecule has 78 valence electrons. The van der Waals surface area contributed by atoms with E-state index in [1.54, 1.807) is 6.07 Å². The van der Waals surface area contributed by atoms with Crippen LogP contribution >= 0.6 is 11.6 Å². The maximum Gasteiger partial charge on any atom is 0.0625 e. The third kappa shape index (κ3) is 2.18. The van der Waals surface area contributed by atoms with Gasteiger partial charge in [-0.15, -0.1) is 0 Å². The summed E-state index contributed by atoms with van der Waals surface area (Å²) < 4.78 is 0. The van der Waals surface area contributed by atoms with Crippen molar-refractivity contribution < 1.29 is 5.11 Å². The second kappa shape index (κ2) is 4.64. The summed E-state index contributed by atoms with van der Waals surface area (Å²) in [6.07, 6.45) is 0. The van der Waals surface area contributed by atoms with Gasteiger partial charge in [-0.05, 0) is 12.1 Å². The van der Waals surface area contributed by atoms with Gasteiger partial charge in [0.1, 0.15) is 0 Å². The first-order valence-electron chi connectivity index (χ1n) is 4.40. The molecule has 0 saturated carbocycles. The number of hydrogen-bond acceptors (Lipinski definition) is 3. The molecular formula is C10H15ClN2O. The van der Waals surface area contributed by atoms with E-state index in [2.05, 4.69) is 0 Å². The van der Waals surface area contributed by atoms with Crippen molar-refractivity contribution in [3.8, 4) is 0 Å². The summed E-state index contributed by atoms with van der Waals surface area (Å²) in [5.41, 5.74) is 7.51. The zero-order valence-corrected chi connectivity index (χ0v) is 9.12. The molecule has 0 aliphatic heterocycles. The standard InChI is InChI=1S/C10H15ClN2O/c1-13(2)9-5-3-4-7(11)10(9)8(12)6-14/h3-5,8,14H,6,12H2,1-2H3. The zero-order valence-electron chi connectivity index (χ0n) is 8.37. The van der Waals surface area contributed by atoms with E-state index >= 15 is 0 Å². The van der Waals surface area contributed by atoms with E-state index in [1.807, 2.05) is 31.1 Å². The Kier molecular flexibility index (Phi) is 3.75. The number of halogens is 1. The van der Waals surface area contributed by atoms with Crippen LogP contribution in [-0.4, -0.2) is 25.8 Å². The van der Waals surface area contributed by atoms with Crippen LogP contribution < -0.4 is 10.6 Å². The number of benzene rings is 1. The molecule has 0 heterocycles. The van der Waals surface area contributed by atoms with E-state index in [1.165, 1.54) is 0 Å². The maximum absolute atomic E-state index is 9.02. The van der Waals surface area contributed by atoms with Crippen LogP contribution in [0.1, 0.15) is 11.6 Å². The molecule has 3 N–H and O–H groups in total. The minimum Gasteiger partial charge on any atom is -0.394 e. The minimum absolute atomic E-state index is 0.107. The highest BCUT2D eigenvalue weighted by Gasteiger charge is 2.14. The predicted octanol–water partition coefficient (Wildman–Crippen LogP) is 1.40. The SMILES string of the molecule is CN(C)c1cccc(Cl)c1C(N)CO. The van der Waals surface area contributed by atoms with Gasteiger partial charge >= 0.3 is 0 Å². The molecule has 3 nitrogen and oxygen atoms in total. The van der Waals surface area contributed by atoms with Crippen molar-refractivity contribution in [3.63, 3.8) is 0 Å². The van der Waals surface area contributed by atoms with Gasteiger partial charge in [0.15, 0.2) is 0 Å². The topological polar surface area (TPSA) is 49.5 Å². The number of nitrogens with two attached hydrogens (primary N) is 1. The van der Waals surface area contributed by atoms with Gasteiger partial charge in [0.05, 0.1) is 12.6 Å². The fraction of sp³-hybridized carbons (Fsp3) is 0.400. The highest BCUT2D eigenvalue weighted by molar-refractivity contribution is 6.31. The van der Waals surface area contributed by atoms with Gasteiger partial charge in [-0.25, -0.2) is 0 Å². The second-order valence-electron chi connectivity index (χ2n) is 3.36. The van der Waals surface area contributed by atoms with Gasteiger partial charge in [0.25, 0.3) is 0 Å². The van der Waals surface area contributed by atoms with E-state index < -0.39 is 6.04 Å². The normalized spacial score (nSPS) is 12.6. The van der Waals surface area contributed by atoms with Crippen molar-refractivity contribution >= 4 is 17.3 Å². The van der Waals surface area contributed by atoms with Gasteiger partial charge in [0.2, 0.25) is 0 Å². The molecule has 1 aromatic rings. The summed E-state index contributed by atoms with van der Waals surface area (Å²) in [6, 6.07) is 5.14. The third-order valence-corrected chi connectivity index (χ3v) is 2.41. The molecule has 0 fully saturated rings. The lowest BCUT2D eigenvalue weighted by Gasteiger charge is -2.21. The number of aliphatic hydroxyl groups excluding tert-OH is 1. The fourth-order valence-corrected chi connectivity index (χ4v) is 1.68. The molecule has 14 heavy (non-hydrogen) atoms. The van der Waals surface area contributed by atoms with Gasteiger partial charge in [-0.3, -0.25) is 0 Å². The summed E-state index contributed by atoms with van der Waals surface area (Å²) in [5.74, 6) is 0. The quantitative estimate of drug-likeness (QED) is 0.800. The third-order valence-electron chi connectivity index (χ3n) is 2.08. The Morgan fingerprint density at radius 1 is 1.50 bits per heavy atom. The number of anilines is 1. The molecule has 1 unspecified atom stereocenters. The predicted molar refractivity (Wildman–Crippen MR) is 59.8 cm³/mol. The largest absolute Gasteiger partial charge is 0.394 e. The first kappa shape index (κ1) is 11.3. The lowest BCUT2D eigenvalue weighted by molar-refractivity contribution is 0.268. The van der Waals surface area contributed by atoms with Crippen molar-refractivity contribution in [1.82, 2.24) is 0 Å². The number of rotatable bonds is 3. The highest BCUT2D eigenvalue weighted by atomic mass is 35.5. The summed E-state index contributed by atoms with van der Waals surface area (Å²) in [4.78, 5) is 1.93. The molecule has 0 radical (unpaired) electrons. The van der Waals surface area contributed by atoms with Crippen LogP contribution in [0, 0.1) is 0 Å². The molecule has 0 aliphatic rings. The van der Waals surface area contributed by atoms with E-state index in [-0.39, 0.29) is 6.61 Å². The Balaban J connectivity index is 3.22. The summed E-state index contributed by atoms with van der Waals surface area (Å²) in [6.45, 7) is -0.107. The number of aliphatic hydroxyl groups is 1.